The van der Waals surface area contributed by atoms with E-state index in [1.54, 1.807) is 42.5 Å². The molecule has 276 valence electrons. The highest BCUT2D eigenvalue weighted by molar-refractivity contribution is 5.88. The van der Waals surface area contributed by atoms with Gasteiger partial charge in [0.1, 0.15) is 5.76 Å². The van der Waals surface area contributed by atoms with Crippen molar-refractivity contribution in [3.8, 4) is 11.5 Å². The van der Waals surface area contributed by atoms with Crippen LogP contribution in [0.15, 0.2) is 84.6 Å². The lowest BCUT2D eigenvalue weighted by Crippen LogP contribution is -2.74. The van der Waals surface area contributed by atoms with Gasteiger partial charge >= 0.3 is 29.8 Å². The van der Waals surface area contributed by atoms with Gasteiger partial charge in [-0.25, -0.2) is 14.4 Å². The molecule has 3 aromatic rings. The zero-order chi connectivity index (χ0) is 37.7. The number of ether oxygens (including phenoxy) is 5. The van der Waals surface area contributed by atoms with Crippen LogP contribution in [0.5, 0.6) is 11.5 Å². The number of esters is 4. The number of aliphatic hydroxyl groups is 1. The van der Waals surface area contributed by atoms with E-state index in [1.165, 1.54) is 30.3 Å². The molecule has 2 bridgehead atoms. The lowest BCUT2D eigenvalue weighted by molar-refractivity contribution is -0.185. The Kier molecular flexibility index (Phi) is 9.20. The van der Waals surface area contributed by atoms with E-state index in [4.69, 9.17) is 23.7 Å². The summed E-state index contributed by atoms with van der Waals surface area (Å²) in [5.74, 6) is -5.78. The smallest absolute Gasteiger partial charge is 0.353 e. The number of piperidine rings is 1. The third kappa shape index (κ3) is 6.07. The molecule has 3 aromatic carbocycles. The summed E-state index contributed by atoms with van der Waals surface area (Å²) in [6.07, 6.45) is -4.63. The average Bonchev–Trinajstić information content (AvgIpc) is 3.50. The van der Waals surface area contributed by atoms with Crippen LogP contribution in [0.1, 0.15) is 60.6 Å². The first-order valence-electron chi connectivity index (χ1n) is 17.1. The Balaban J connectivity index is 1.12. The molecule has 1 spiro atoms. The molecule has 4 aliphatic rings. The van der Waals surface area contributed by atoms with Crippen LogP contribution in [-0.4, -0.2) is 87.5 Å². The summed E-state index contributed by atoms with van der Waals surface area (Å²) in [5, 5.41) is 33.0. The Morgan fingerprint density at radius 2 is 1.55 bits per heavy atom. The minimum absolute atomic E-state index is 0.0627. The van der Waals surface area contributed by atoms with Gasteiger partial charge in [-0.2, -0.15) is 0 Å². The Labute approximate surface area is 303 Å². The Morgan fingerprint density at radius 1 is 0.906 bits per heavy atom. The van der Waals surface area contributed by atoms with Crippen LogP contribution in [0.4, 0.5) is 0 Å². The van der Waals surface area contributed by atoms with Gasteiger partial charge in [0.25, 0.3) is 0 Å². The van der Waals surface area contributed by atoms with Crippen molar-refractivity contribution in [2.24, 2.45) is 0 Å². The highest BCUT2D eigenvalue weighted by atomic mass is 16.6. The number of carboxylic acids is 1. The monoisotopic (exact) mass is 727 g/mol. The van der Waals surface area contributed by atoms with E-state index < -0.39 is 71.7 Å². The number of carbonyl (C=O) groups excluding carboxylic acids is 4. The number of likely N-dealkylation sites (N-methyl/N-ethyl adjacent to an activating group) is 1. The fraction of sp³-hybridized carbons (Fsp3) is 0.359. The number of carboxylic acid groups (broad SMARTS) is 1. The molecule has 1 saturated heterocycles. The zero-order valence-corrected chi connectivity index (χ0v) is 28.8. The van der Waals surface area contributed by atoms with Gasteiger partial charge in [0.2, 0.25) is 18.3 Å². The molecule has 2 heterocycles. The number of likely N-dealkylation sites (tertiary alicyclic amines) is 1. The van der Waals surface area contributed by atoms with Crippen LogP contribution in [0, 0.1) is 0 Å². The molecule has 0 unspecified atom stereocenters. The van der Waals surface area contributed by atoms with Crippen LogP contribution < -0.4 is 4.74 Å². The molecule has 2 aliphatic carbocycles. The van der Waals surface area contributed by atoms with Crippen LogP contribution in [0.2, 0.25) is 0 Å². The largest absolute Gasteiger partial charge is 0.504 e. The second-order valence-corrected chi connectivity index (χ2v) is 13.7. The first-order valence-corrected chi connectivity index (χ1v) is 17.1. The highest BCUT2D eigenvalue weighted by Gasteiger charge is 2.72. The molecule has 14 nitrogen and oxygen atoms in total. The minimum Gasteiger partial charge on any atom is -0.504 e. The second-order valence-electron chi connectivity index (χ2n) is 13.7. The molecule has 0 amide bonds. The molecule has 3 N–H and O–H groups in total. The number of hydrogen-bond acceptors (Lipinski definition) is 13. The van der Waals surface area contributed by atoms with E-state index in [0.717, 1.165) is 12.5 Å². The molecular formula is C39H37NO13. The molecule has 7 atom stereocenters. The van der Waals surface area contributed by atoms with Gasteiger partial charge in [0, 0.05) is 36.1 Å². The van der Waals surface area contributed by atoms with Gasteiger partial charge in [-0.15, -0.1) is 0 Å². The molecule has 1 fully saturated rings. The first-order chi connectivity index (χ1) is 25.3. The topological polar surface area (TPSA) is 195 Å². The summed E-state index contributed by atoms with van der Waals surface area (Å²) in [7, 11) is 1.94. The van der Waals surface area contributed by atoms with Crippen molar-refractivity contribution in [2.45, 2.75) is 74.1 Å². The van der Waals surface area contributed by atoms with Crippen molar-refractivity contribution in [1.82, 2.24) is 4.90 Å². The summed E-state index contributed by atoms with van der Waals surface area (Å²) in [4.78, 5) is 67.0. The normalized spacial score (nSPS) is 25.3. The maximum atomic E-state index is 13.6. The van der Waals surface area contributed by atoms with Gasteiger partial charge in [-0.3, -0.25) is 9.59 Å². The second kappa shape index (κ2) is 13.7. The van der Waals surface area contributed by atoms with E-state index in [0.29, 0.717) is 24.9 Å². The van der Waals surface area contributed by atoms with Crippen LogP contribution in [0.25, 0.3) is 0 Å². The Morgan fingerprint density at radius 3 is 2.19 bits per heavy atom. The molecule has 2 aliphatic heterocycles. The predicted octanol–water partition coefficient (Wildman–Crippen LogP) is 3.19. The molecular weight excluding hydrogens is 690 g/mol. The fourth-order valence-electron chi connectivity index (χ4n) is 8.27. The zero-order valence-electron chi connectivity index (χ0n) is 28.8. The number of rotatable bonds is 11. The van der Waals surface area contributed by atoms with Gasteiger partial charge in [-0.05, 0) is 44.1 Å². The molecule has 0 saturated carbocycles. The van der Waals surface area contributed by atoms with Gasteiger partial charge in [-0.1, -0.05) is 66.7 Å². The molecule has 7 rings (SSSR count). The quantitative estimate of drug-likeness (QED) is 0.192. The minimum atomic E-state index is -1.89. The fourth-order valence-corrected chi connectivity index (χ4v) is 8.27. The van der Waals surface area contributed by atoms with Crippen molar-refractivity contribution in [1.29, 1.82) is 0 Å². The summed E-state index contributed by atoms with van der Waals surface area (Å²) in [5.41, 5.74) is -0.466. The summed E-state index contributed by atoms with van der Waals surface area (Å²) < 4.78 is 28.1. The lowest BCUT2D eigenvalue weighted by Gasteiger charge is -2.61. The standard InChI is InChI=1S/C39H37NO13/c1-21(41)49-27(36(46)53-32(23-11-7-4-8-12-23)37(47)52-31(35(44)45)22-9-5-3-6-10-22)20-29(43)50-26-15-16-39(48)28-19-24-13-14-25(42)33-30(24)38(39,34(26)51-33)17-18-40(28)2/h3-15,27-28,31-32,34,42,48H,16-20H2,1-2H3,(H,44,45)/t27-,28-,31-,32-,34-,38-,39+/m0/s1. The number of benzene rings is 3. The van der Waals surface area contributed by atoms with Gasteiger partial charge < -0.3 is 43.9 Å². The maximum Gasteiger partial charge on any atom is 0.353 e. The van der Waals surface area contributed by atoms with Crippen LogP contribution >= 0.6 is 0 Å². The van der Waals surface area contributed by atoms with Crippen LogP contribution in [-0.2, 0) is 54.8 Å². The molecule has 14 heteroatoms. The third-order valence-corrected chi connectivity index (χ3v) is 10.6. The SMILES string of the molecule is CC(=O)O[C@@H](CC(=O)OC1=CC[C@@]2(O)[C@@H]3Cc4ccc(O)c5c4[C@@]2(CCN3C)[C@H]1O5)C(=O)O[C@H](C(=O)O[C@H](C(=O)O)c1ccccc1)c1ccccc1. The third-order valence-electron chi connectivity index (χ3n) is 10.6. The Hall–Kier alpha value is -5.73. The number of hydrogen-bond donors (Lipinski definition) is 3. The van der Waals surface area contributed by atoms with Crippen molar-refractivity contribution < 1.29 is 63.0 Å². The van der Waals surface area contributed by atoms with Gasteiger partial charge in [0.15, 0.2) is 17.6 Å². The number of phenols is 1. The van der Waals surface area contributed by atoms with E-state index in [1.807, 2.05) is 13.1 Å². The highest BCUT2D eigenvalue weighted by Crippen LogP contribution is 2.65. The Bertz CT molecular complexity index is 2000. The van der Waals surface area contributed by atoms with Gasteiger partial charge in [0.05, 0.1) is 17.4 Å². The average molecular weight is 728 g/mol. The number of aliphatic carboxylic acids is 1. The summed E-state index contributed by atoms with van der Waals surface area (Å²) in [6.45, 7) is 1.62. The molecule has 0 radical (unpaired) electrons. The van der Waals surface area contributed by atoms with Crippen LogP contribution in [0.3, 0.4) is 0 Å². The van der Waals surface area contributed by atoms with E-state index in [2.05, 4.69) is 4.90 Å². The van der Waals surface area contributed by atoms with E-state index in [9.17, 15) is 39.3 Å². The number of aromatic hydroxyl groups is 1. The van der Waals surface area contributed by atoms with Crippen molar-refractivity contribution in [3.05, 3.63) is 107 Å². The van der Waals surface area contributed by atoms with Crippen molar-refractivity contribution in [2.75, 3.05) is 13.6 Å². The summed E-state index contributed by atoms with van der Waals surface area (Å²) >= 11 is 0. The molecule has 53 heavy (non-hydrogen) atoms. The lowest BCUT2D eigenvalue weighted by atomic mass is 9.50. The summed E-state index contributed by atoms with van der Waals surface area (Å²) in [6, 6.07) is 18.4. The maximum absolute atomic E-state index is 13.6. The first kappa shape index (κ1) is 35.7. The van der Waals surface area contributed by atoms with E-state index >= 15 is 0 Å². The molecule has 0 aromatic heterocycles. The number of phenolic OH excluding ortho intramolecular Hbond substituents is 1. The van der Waals surface area contributed by atoms with E-state index in [-0.39, 0.29) is 40.8 Å². The number of carbonyl (C=O) groups is 5. The van der Waals surface area contributed by atoms with Crippen molar-refractivity contribution in [3.63, 3.8) is 0 Å². The predicted molar refractivity (Wildman–Crippen MR) is 181 cm³/mol. The number of nitrogens with zero attached hydrogens (tertiary/aromatic N) is 1. The van der Waals surface area contributed by atoms with Crippen molar-refractivity contribution >= 4 is 29.8 Å².